The van der Waals surface area contributed by atoms with E-state index in [1.54, 1.807) is 0 Å². The number of rotatable bonds is 48. The van der Waals surface area contributed by atoms with E-state index in [9.17, 15) is 28.9 Å². The molecule has 0 saturated heterocycles. The van der Waals surface area contributed by atoms with E-state index in [0.29, 0.717) is 19.3 Å². The normalized spacial score (nSPS) is 14.0. The number of ether oxygens (including phenoxy) is 3. The number of esters is 3. The lowest BCUT2D eigenvalue weighted by atomic mass is 10.1. The Morgan fingerprint density at radius 3 is 1.27 bits per heavy atom. The molecule has 3 unspecified atom stereocenters. The third-order valence-electron chi connectivity index (χ3n) is 10.9. The molecule has 0 spiro atoms. The van der Waals surface area contributed by atoms with Gasteiger partial charge in [-0.25, -0.2) is 4.57 Å². The first-order valence-electron chi connectivity index (χ1n) is 26.2. The van der Waals surface area contributed by atoms with Gasteiger partial charge in [0, 0.05) is 19.3 Å². The lowest BCUT2D eigenvalue weighted by Gasteiger charge is -2.21. The summed E-state index contributed by atoms with van der Waals surface area (Å²) in [5.41, 5.74) is 0. The van der Waals surface area contributed by atoms with Crippen LogP contribution in [0.5, 0.6) is 0 Å². The van der Waals surface area contributed by atoms with Gasteiger partial charge in [0.15, 0.2) is 6.10 Å². The molecule has 0 rings (SSSR count). The lowest BCUT2D eigenvalue weighted by Crippen LogP contribution is -2.30. The second-order valence-electron chi connectivity index (χ2n) is 17.3. The molecule has 0 saturated carbocycles. The van der Waals surface area contributed by atoms with E-state index in [1.165, 1.54) is 44.9 Å². The summed E-state index contributed by atoms with van der Waals surface area (Å²) in [6.45, 7) is 4.41. The Bertz CT molecular complexity index is 1340. The summed E-state index contributed by atoms with van der Waals surface area (Å²) in [5, 5.41) is 9.76. The van der Waals surface area contributed by atoms with Crippen LogP contribution in [0.4, 0.5) is 0 Å². The summed E-state index contributed by atoms with van der Waals surface area (Å²) in [5.74, 6) is -1.50. The van der Waals surface area contributed by atoms with Crippen LogP contribution in [0.15, 0.2) is 60.8 Å². The Kier molecular flexibility index (Phi) is 46.6. The van der Waals surface area contributed by atoms with Gasteiger partial charge in [0.1, 0.15) is 12.7 Å². The van der Waals surface area contributed by atoms with Crippen LogP contribution in [0.2, 0.25) is 0 Å². The van der Waals surface area contributed by atoms with Crippen molar-refractivity contribution in [3.05, 3.63) is 60.8 Å². The maximum atomic E-state index is 12.8. The third kappa shape index (κ3) is 46.3. The van der Waals surface area contributed by atoms with Gasteiger partial charge in [-0.15, -0.1) is 0 Å². The predicted octanol–water partition coefficient (Wildman–Crippen LogP) is 14.8. The molecular formula is C54H95O11P. The van der Waals surface area contributed by atoms with Crippen LogP contribution in [0.3, 0.4) is 0 Å². The van der Waals surface area contributed by atoms with Crippen LogP contribution in [0, 0.1) is 0 Å². The molecule has 0 aliphatic carbocycles. The van der Waals surface area contributed by atoms with E-state index in [4.69, 9.17) is 23.3 Å². The minimum Gasteiger partial charge on any atom is -0.462 e. The Morgan fingerprint density at radius 1 is 0.439 bits per heavy atom. The number of phosphoric ester groups is 1. The number of hydrogen-bond acceptors (Lipinski definition) is 10. The number of carbonyl (C=O) groups is 3. The second-order valence-corrected chi connectivity index (χ2v) is 18.8. The van der Waals surface area contributed by atoms with Gasteiger partial charge in [-0.3, -0.25) is 23.4 Å². The average molecular weight is 951 g/mol. The Balaban J connectivity index is 4.78. The van der Waals surface area contributed by atoms with Gasteiger partial charge < -0.3 is 24.2 Å². The van der Waals surface area contributed by atoms with Gasteiger partial charge in [-0.05, 0) is 77.0 Å². The van der Waals surface area contributed by atoms with Crippen molar-refractivity contribution in [2.45, 2.75) is 238 Å². The minimum atomic E-state index is -4.74. The molecule has 0 aliphatic rings. The summed E-state index contributed by atoms with van der Waals surface area (Å²) < 4.78 is 39.3. The van der Waals surface area contributed by atoms with Gasteiger partial charge >= 0.3 is 25.7 Å². The van der Waals surface area contributed by atoms with Crippen LogP contribution in [0.25, 0.3) is 0 Å². The van der Waals surface area contributed by atoms with Crippen LogP contribution in [-0.2, 0) is 42.2 Å². The van der Waals surface area contributed by atoms with Gasteiger partial charge in [-0.2, -0.15) is 0 Å². The molecule has 0 fully saturated rings. The van der Waals surface area contributed by atoms with Crippen LogP contribution in [0.1, 0.15) is 226 Å². The molecule has 3 atom stereocenters. The fourth-order valence-electron chi connectivity index (χ4n) is 6.94. The number of carbonyl (C=O) groups excluding carboxylic acids is 3. The zero-order chi connectivity index (χ0) is 48.4. The minimum absolute atomic E-state index is 0.147. The monoisotopic (exact) mass is 951 g/mol. The summed E-state index contributed by atoms with van der Waals surface area (Å²) in [6.07, 6.45) is 50.4. The first kappa shape index (κ1) is 63.2. The highest BCUT2D eigenvalue weighted by Crippen LogP contribution is 2.43. The quantitative estimate of drug-likeness (QED) is 0.0197. The number of phosphoric acid groups is 1. The summed E-state index contributed by atoms with van der Waals surface area (Å²) in [7, 11) is -4.74. The molecular weight excluding hydrogens is 856 g/mol. The van der Waals surface area contributed by atoms with E-state index in [1.807, 2.05) is 0 Å². The Morgan fingerprint density at radius 2 is 0.818 bits per heavy atom. The molecule has 66 heavy (non-hydrogen) atoms. The molecule has 0 amide bonds. The zero-order valence-electron chi connectivity index (χ0n) is 41.9. The van der Waals surface area contributed by atoms with Gasteiger partial charge in [0.05, 0.1) is 19.8 Å². The van der Waals surface area contributed by atoms with Crippen molar-refractivity contribution in [3.8, 4) is 0 Å². The Hall–Kier alpha value is -2.82. The highest BCUT2D eigenvalue weighted by atomic mass is 31.2. The van der Waals surface area contributed by atoms with Crippen molar-refractivity contribution >= 4 is 25.7 Å². The number of aliphatic hydroxyl groups is 1. The molecule has 12 heteroatoms. The highest BCUT2D eigenvalue weighted by Gasteiger charge is 2.28. The van der Waals surface area contributed by atoms with Crippen molar-refractivity contribution in [1.82, 2.24) is 0 Å². The summed E-state index contributed by atoms with van der Waals surface area (Å²) in [6, 6.07) is 0. The van der Waals surface area contributed by atoms with Crippen LogP contribution in [-0.4, -0.2) is 66.5 Å². The predicted molar refractivity (Wildman–Crippen MR) is 270 cm³/mol. The van der Waals surface area contributed by atoms with Crippen molar-refractivity contribution in [2.75, 3.05) is 26.4 Å². The van der Waals surface area contributed by atoms with Gasteiger partial charge in [0.25, 0.3) is 0 Å². The van der Waals surface area contributed by atoms with Gasteiger partial charge in [-0.1, -0.05) is 191 Å². The molecule has 0 heterocycles. The second kappa shape index (κ2) is 48.6. The largest absolute Gasteiger partial charge is 0.472 e. The number of hydrogen-bond donors (Lipinski definition) is 2. The fraction of sp³-hybridized carbons (Fsp3) is 0.759. The molecule has 0 aromatic carbocycles. The van der Waals surface area contributed by atoms with Crippen molar-refractivity contribution in [2.24, 2.45) is 0 Å². The molecule has 0 aliphatic heterocycles. The molecule has 382 valence electrons. The smallest absolute Gasteiger partial charge is 0.462 e. The van der Waals surface area contributed by atoms with E-state index in [2.05, 4.69) is 81.5 Å². The van der Waals surface area contributed by atoms with E-state index in [0.717, 1.165) is 122 Å². The van der Waals surface area contributed by atoms with Crippen LogP contribution >= 0.6 is 7.82 Å². The highest BCUT2D eigenvalue weighted by molar-refractivity contribution is 7.47. The average Bonchev–Trinajstić information content (AvgIpc) is 3.30. The maximum absolute atomic E-state index is 12.8. The van der Waals surface area contributed by atoms with E-state index in [-0.39, 0.29) is 25.9 Å². The van der Waals surface area contributed by atoms with Crippen molar-refractivity contribution in [1.29, 1.82) is 0 Å². The molecule has 0 aromatic heterocycles. The molecule has 0 radical (unpaired) electrons. The lowest BCUT2D eigenvalue weighted by molar-refractivity contribution is -0.161. The van der Waals surface area contributed by atoms with E-state index < -0.39 is 57.8 Å². The Labute approximate surface area is 402 Å². The van der Waals surface area contributed by atoms with Crippen molar-refractivity contribution in [3.63, 3.8) is 0 Å². The zero-order valence-corrected chi connectivity index (χ0v) is 42.8. The molecule has 11 nitrogen and oxygen atoms in total. The summed E-state index contributed by atoms with van der Waals surface area (Å²) in [4.78, 5) is 48.3. The van der Waals surface area contributed by atoms with Crippen LogP contribution < -0.4 is 0 Å². The first-order chi connectivity index (χ1) is 32.2. The third-order valence-corrected chi connectivity index (χ3v) is 11.9. The maximum Gasteiger partial charge on any atom is 0.472 e. The van der Waals surface area contributed by atoms with Crippen molar-refractivity contribution < 1.29 is 52.2 Å². The van der Waals surface area contributed by atoms with Gasteiger partial charge in [0.2, 0.25) is 0 Å². The number of aliphatic hydroxyl groups excluding tert-OH is 1. The molecule has 2 N–H and O–H groups in total. The number of allylic oxidation sites excluding steroid dienone is 10. The molecule has 0 bridgehead atoms. The topological polar surface area (TPSA) is 155 Å². The first-order valence-corrected chi connectivity index (χ1v) is 27.7. The molecule has 0 aromatic rings. The summed E-state index contributed by atoms with van der Waals surface area (Å²) >= 11 is 0. The van der Waals surface area contributed by atoms with E-state index >= 15 is 0 Å². The SMILES string of the molecule is CC/C=C\C/C=C\C/C=C\CCCCCCCC(=O)OCC(COP(=O)(O)OCC(CO)OC(=O)CCCCCCCCCCCCC)OC(=O)CCCCCCC/C=C\C/C=C\CCC. The standard InChI is InChI=1S/C54H95O11P/c1-4-7-10-13-16-19-22-24-25-27-29-31-34-37-40-43-52(56)61-47-51(65-54(58)45-42-39-36-33-30-26-23-20-17-14-11-8-5-2)49-63-66(59,60)62-48-50(46-55)64-53(57)44-41-38-35-32-28-21-18-15-12-9-6-3/h7,10-11,14,16,19-20,23-25,50-51,55H,4-6,8-9,12-13,15,17-18,21-22,26-49H2,1-3H3,(H,59,60)/b10-7-,14-11-,19-16-,23-20-,25-24-. The fourth-order valence-corrected chi connectivity index (χ4v) is 7.72. The number of unbranched alkanes of at least 4 members (excludes halogenated alkanes) is 21.